The number of carboxylic acid groups (broad SMARTS) is 6. The summed E-state index contributed by atoms with van der Waals surface area (Å²) in [6.45, 7) is 0. The summed E-state index contributed by atoms with van der Waals surface area (Å²) in [7, 11) is 0. The third kappa shape index (κ3) is 1930000. The Kier molecular flexibility index (Phi) is 559. The van der Waals surface area contributed by atoms with Crippen LogP contribution in [0, 0.1) is 77.3 Å². The molecule has 0 aliphatic carbocycles. The summed E-state index contributed by atoms with van der Waals surface area (Å²) < 4.78 is 0. The van der Waals surface area contributed by atoms with Gasteiger partial charge in [0, 0.05) is 0 Å². The monoisotopic (exact) mass is 603 g/mol. The van der Waals surface area contributed by atoms with Crippen molar-refractivity contribution in [1.29, 1.82) is 0 Å². The third-order valence-electron chi connectivity index (χ3n) is 0. The molecule has 0 fully saturated rings. The van der Waals surface area contributed by atoms with E-state index in [4.69, 9.17) is 45.0 Å². The minimum atomic E-state index is -2.33. The molecule has 0 rings (SSSR count). The molecule has 0 spiro atoms. The van der Waals surface area contributed by atoms with Crippen LogP contribution in [0.4, 0.5) is 14.4 Å². The van der Waals surface area contributed by atoms with Gasteiger partial charge in [0.25, 0.3) is 0 Å². The van der Waals surface area contributed by atoms with E-state index < -0.39 is 18.5 Å². The molecule has 0 bridgehead atoms. The van der Waals surface area contributed by atoms with Crippen molar-refractivity contribution in [3.63, 3.8) is 0 Å². The van der Waals surface area contributed by atoms with E-state index in [1.807, 2.05) is 0 Å². The first-order valence-electron chi connectivity index (χ1n) is 1.84. The van der Waals surface area contributed by atoms with Gasteiger partial charge in [0.1, 0.15) is 0 Å². The topological polar surface area (TPSA) is 442 Å². The largest absolute Gasteiger partial charge is 3.00 e. The zero-order valence-electron chi connectivity index (χ0n) is 10.3. The first-order valence-corrected chi connectivity index (χ1v) is 1.84. The van der Waals surface area contributed by atoms with E-state index in [1.54, 1.807) is 0 Å². The molecular formula is C3H16CeLaO17. The Morgan fingerprint density at radius 1 is 0.409 bits per heavy atom. The second-order valence-corrected chi connectivity index (χ2v) is 0.750. The van der Waals surface area contributed by atoms with Gasteiger partial charge in [-0.15, -0.1) is 0 Å². The van der Waals surface area contributed by atoms with Crippen LogP contribution in [-0.2, 0) is 0 Å². The summed E-state index contributed by atoms with van der Waals surface area (Å²) in [5.41, 5.74) is 0. The first-order chi connectivity index (χ1) is 5.20. The van der Waals surface area contributed by atoms with Crippen LogP contribution in [0.25, 0.3) is 0 Å². The van der Waals surface area contributed by atoms with Crippen LogP contribution in [0.5, 0.6) is 0 Å². The zero-order valence-corrected chi connectivity index (χ0v) is 17.0. The quantitative estimate of drug-likeness (QED) is 0.253. The summed E-state index contributed by atoms with van der Waals surface area (Å²) in [5, 5.41) is 50.0. The normalized spacial score (nSPS) is 3.27. The molecule has 19 heteroatoms. The molecule has 16 N–H and O–H groups in total. The number of carbonyl (C=O) groups is 3. The number of carbonyl (C=O) groups excluding carboxylic acids is 3. The van der Waals surface area contributed by atoms with E-state index in [2.05, 4.69) is 0 Å². The Bertz CT molecular complexity index is 121. The molecule has 0 aromatic rings. The van der Waals surface area contributed by atoms with Gasteiger partial charge in [-0.2, -0.15) is 0 Å². The van der Waals surface area contributed by atoms with Crippen LogP contribution in [0.1, 0.15) is 0 Å². The van der Waals surface area contributed by atoms with Crippen LogP contribution in [0.15, 0.2) is 0 Å². The Balaban J connectivity index is -0.00000000409. The smallest absolute Gasteiger partial charge is 0.652 e. The van der Waals surface area contributed by atoms with Gasteiger partial charge in [-0.05, 0) is 18.5 Å². The minimum absolute atomic E-state index is 0. The fourth-order valence-electron chi connectivity index (χ4n) is 0. The maximum atomic E-state index is 8.33. The SMILES string of the molecule is O.O.O.O.O.O.O.O.O=C([O-])[O-].O=C([O-])[O-].O=C([O-])[O-].[Ce+3].[La+3]. The Morgan fingerprint density at radius 3 is 0.409 bits per heavy atom. The fraction of sp³-hybridized carbons (Fsp3) is 0. The molecule has 0 aliphatic rings. The Morgan fingerprint density at radius 2 is 0.409 bits per heavy atom. The van der Waals surface area contributed by atoms with Crippen molar-refractivity contribution in [2.24, 2.45) is 0 Å². The van der Waals surface area contributed by atoms with Crippen molar-refractivity contribution in [3.8, 4) is 0 Å². The van der Waals surface area contributed by atoms with Crippen molar-refractivity contribution in [2.45, 2.75) is 0 Å². The fourth-order valence-corrected chi connectivity index (χ4v) is 0. The molecule has 1 radical (unpaired) electrons. The Labute approximate surface area is 183 Å². The molecule has 0 aromatic carbocycles. The standard InChI is InChI=1S/3CH2O3.Ce.La.8H2O/c3*2-1(3)4;;;;;;;;;;/h3*(H2,2,3,4);;;8*1H2/q;;;2*+3;;;;;;;;/p-6. The van der Waals surface area contributed by atoms with Crippen molar-refractivity contribution < 1.29 is 166 Å². The van der Waals surface area contributed by atoms with E-state index in [9.17, 15) is 0 Å². The van der Waals surface area contributed by atoms with Crippen LogP contribution >= 0.6 is 0 Å². The molecule has 0 saturated carbocycles. The summed E-state index contributed by atoms with van der Waals surface area (Å²) in [4.78, 5) is 25.0. The average molecular weight is 603 g/mol. The van der Waals surface area contributed by atoms with Gasteiger partial charge in [0.2, 0.25) is 0 Å². The van der Waals surface area contributed by atoms with Gasteiger partial charge in [0.05, 0.1) is 0 Å². The number of hydrogen-bond acceptors (Lipinski definition) is 9. The third-order valence-corrected chi connectivity index (χ3v) is 0. The molecule has 0 aliphatic heterocycles. The predicted molar refractivity (Wildman–Crippen MR) is 45.1 cm³/mol. The molecule has 0 amide bonds. The van der Waals surface area contributed by atoms with Crippen LogP contribution < -0.4 is 30.6 Å². The average Bonchev–Trinajstić information content (AvgIpc) is 1.54. The molecule has 0 aromatic heterocycles. The minimum Gasteiger partial charge on any atom is -0.652 e. The van der Waals surface area contributed by atoms with E-state index in [1.165, 1.54) is 0 Å². The summed E-state index contributed by atoms with van der Waals surface area (Å²) in [5.74, 6) is 0. The molecule has 17 nitrogen and oxygen atoms in total. The second kappa shape index (κ2) is 103. The van der Waals surface area contributed by atoms with E-state index in [0.29, 0.717) is 0 Å². The van der Waals surface area contributed by atoms with Crippen molar-refractivity contribution >= 4 is 18.5 Å². The molecule has 137 valence electrons. The van der Waals surface area contributed by atoms with Gasteiger partial charge >= 0.3 is 77.3 Å². The van der Waals surface area contributed by atoms with Crippen LogP contribution in [0.2, 0.25) is 0 Å². The van der Waals surface area contributed by atoms with Crippen molar-refractivity contribution in [1.82, 2.24) is 0 Å². The number of rotatable bonds is 0. The second-order valence-electron chi connectivity index (χ2n) is 0.750. The van der Waals surface area contributed by atoms with E-state index in [-0.39, 0.29) is 121 Å². The van der Waals surface area contributed by atoms with Crippen molar-refractivity contribution in [3.05, 3.63) is 0 Å². The summed E-state index contributed by atoms with van der Waals surface area (Å²) in [6, 6.07) is 0. The van der Waals surface area contributed by atoms with Gasteiger partial charge < -0.3 is 88.8 Å². The number of hydrogen-bond donors (Lipinski definition) is 0. The summed E-state index contributed by atoms with van der Waals surface area (Å²) in [6.07, 6.45) is -7.00. The first kappa shape index (κ1) is 119. The van der Waals surface area contributed by atoms with Gasteiger partial charge in [-0.1, -0.05) is 0 Å². The maximum absolute atomic E-state index is 8.33. The van der Waals surface area contributed by atoms with Crippen LogP contribution in [0.3, 0.4) is 0 Å². The predicted octanol–water partition coefficient (Wildman–Crippen LogP) is -13.9. The van der Waals surface area contributed by atoms with E-state index in [0.717, 1.165) is 0 Å². The maximum Gasteiger partial charge on any atom is 3.00 e. The molecule has 0 unspecified atom stereocenters. The Hall–Kier alpha value is 0.0614. The van der Waals surface area contributed by atoms with Crippen LogP contribution in [-0.4, -0.2) is 62.3 Å². The molecule has 0 atom stereocenters. The van der Waals surface area contributed by atoms with Crippen molar-refractivity contribution in [2.75, 3.05) is 0 Å². The summed E-state index contributed by atoms with van der Waals surface area (Å²) >= 11 is 0. The van der Waals surface area contributed by atoms with Gasteiger partial charge in [-0.25, -0.2) is 0 Å². The van der Waals surface area contributed by atoms with Gasteiger partial charge in [0.15, 0.2) is 0 Å². The molecule has 22 heavy (non-hydrogen) atoms. The molecular weight excluding hydrogens is 587 g/mol. The van der Waals surface area contributed by atoms with Gasteiger partial charge in [-0.3, -0.25) is 0 Å². The van der Waals surface area contributed by atoms with E-state index >= 15 is 0 Å². The molecule has 0 heterocycles. The molecule has 0 saturated heterocycles. The zero-order chi connectivity index (χ0) is 10.7.